The van der Waals surface area contributed by atoms with Crippen LogP contribution in [-0.4, -0.2) is 27.5 Å². The van der Waals surface area contributed by atoms with Crippen molar-refractivity contribution in [1.82, 2.24) is 15.0 Å². The number of aromatic nitrogens is 2. The van der Waals surface area contributed by atoms with Crippen molar-refractivity contribution in [1.29, 1.82) is 0 Å². The van der Waals surface area contributed by atoms with Crippen LogP contribution in [0.4, 0.5) is 4.39 Å². The van der Waals surface area contributed by atoms with Crippen LogP contribution in [0.25, 0.3) is 0 Å². The Morgan fingerprint density at radius 2 is 2.15 bits per heavy atom. The molecule has 1 fully saturated rings. The minimum absolute atomic E-state index is 0.0523. The Hall–Kier alpha value is -2.54. The molecule has 3 aromatic rings. The Morgan fingerprint density at radius 3 is 2.88 bits per heavy atom. The highest BCUT2D eigenvalue weighted by Crippen LogP contribution is 2.33. The van der Waals surface area contributed by atoms with Crippen molar-refractivity contribution in [3.05, 3.63) is 69.8 Å². The first kappa shape index (κ1) is 16.9. The standard InChI is InChI=1S/C19H18FN3O2S/c1-12(13-4-6-15(20)7-5-13)23-11-14(9-18(23)24)19-21-17(25-22-19)10-16-3-2-8-26-16/h2-8,12,14H,9-11H2,1H3. The van der Waals surface area contributed by atoms with Gasteiger partial charge in [-0.3, -0.25) is 4.79 Å². The van der Waals surface area contributed by atoms with Crippen molar-refractivity contribution in [2.45, 2.75) is 31.7 Å². The third kappa shape index (κ3) is 3.39. The third-order valence-electron chi connectivity index (χ3n) is 4.73. The Balaban J connectivity index is 1.46. The normalized spacial score (nSPS) is 18.5. The lowest BCUT2D eigenvalue weighted by atomic mass is 10.1. The summed E-state index contributed by atoms with van der Waals surface area (Å²) in [7, 11) is 0. The molecule has 2 aromatic heterocycles. The number of rotatable bonds is 5. The van der Waals surface area contributed by atoms with Gasteiger partial charge in [0.25, 0.3) is 0 Å². The first-order chi connectivity index (χ1) is 12.6. The van der Waals surface area contributed by atoms with E-state index in [9.17, 15) is 9.18 Å². The molecule has 1 amide bonds. The van der Waals surface area contributed by atoms with Gasteiger partial charge in [-0.2, -0.15) is 4.98 Å². The fraction of sp³-hybridized carbons (Fsp3) is 0.316. The maximum Gasteiger partial charge on any atom is 0.231 e. The van der Waals surface area contributed by atoms with Gasteiger partial charge in [-0.15, -0.1) is 11.3 Å². The van der Waals surface area contributed by atoms with Crippen LogP contribution < -0.4 is 0 Å². The molecule has 1 saturated heterocycles. The maximum atomic E-state index is 13.1. The average molecular weight is 371 g/mol. The molecule has 1 aliphatic heterocycles. The number of nitrogens with zero attached hydrogens (tertiary/aromatic N) is 3. The van der Waals surface area contributed by atoms with Gasteiger partial charge in [-0.1, -0.05) is 23.4 Å². The van der Waals surface area contributed by atoms with Crippen LogP contribution in [0.15, 0.2) is 46.3 Å². The molecule has 2 atom stereocenters. The number of carbonyl (C=O) groups is 1. The highest BCUT2D eigenvalue weighted by atomic mass is 32.1. The summed E-state index contributed by atoms with van der Waals surface area (Å²) in [5.74, 6) is 0.845. The summed E-state index contributed by atoms with van der Waals surface area (Å²) in [5.41, 5.74) is 0.909. The van der Waals surface area contributed by atoms with Crippen molar-refractivity contribution < 1.29 is 13.7 Å². The summed E-state index contributed by atoms with van der Waals surface area (Å²) in [5, 5.41) is 6.09. The summed E-state index contributed by atoms with van der Waals surface area (Å²) in [6.45, 7) is 2.49. The Kier molecular flexibility index (Phi) is 4.55. The Morgan fingerprint density at radius 1 is 1.35 bits per heavy atom. The van der Waals surface area contributed by atoms with E-state index in [0.717, 1.165) is 10.4 Å². The van der Waals surface area contributed by atoms with Crippen molar-refractivity contribution in [3.63, 3.8) is 0 Å². The lowest BCUT2D eigenvalue weighted by molar-refractivity contribution is -0.129. The second-order valence-corrected chi connectivity index (χ2v) is 7.51. The van der Waals surface area contributed by atoms with Gasteiger partial charge in [-0.05, 0) is 36.1 Å². The highest BCUT2D eigenvalue weighted by Gasteiger charge is 2.36. The molecule has 3 heterocycles. The van der Waals surface area contributed by atoms with E-state index < -0.39 is 0 Å². The molecule has 7 heteroatoms. The molecule has 5 nitrogen and oxygen atoms in total. The summed E-state index contributed by atoms with van der Waals surface area (Å²) < 4.78 is 18.5. The molecule has 0 N–H and O–H groups in total. The minimum atomic E-state index is -0.281. The molecular formula is C19H18FN3O2S. The van der Waals surface area contributed by atoms with Crippen molar-refractivity contribution in [3.8, 4) is 0 Å². The average Bonchev–Trinajstić information content (AvgIpc) is 3.37. The number of benzene rings is 1. The second kappa shape index (κ2) is 6.99. The van der Waals surface area contributed by atoms with Crippen LogP contribution in [0.2, 0.25) is 0 Å². The van der Waals surface area contributed by atoms with Gasteiger partial charge >= 0.3 is 0 Å². The number of likely N-dealkylation sites (tertiary alicyclic amines) is 1. The molecule has 2 unspecified atom stereocenters. The van der Waals surface area contributed by atoms with Gasteiger partial charge in [0.15, 0.2) is 5.82 Å². The molecule has 0 radical (unpaired) electrons. The van der Waals surface area contributed by atoms with Gasteiger partial charge in [-0.25, -0.2) is 4.39 Å². The zero-order valence-electron chi connectivity index (χ0n) is 14.3. The van der Waals surface area contributed by atoms with Crippen LogP contribution >= 0.6 is 11.3 Å². The Bertz CT molecular complexity index is 892. The van der Waals surface area contributed by atoms with Gasteiger partial charge < -0.3 is 9.42 Å². The van der Waals surface area contributed by atoms with Gasteiger partial charge in [0, 0.05) is 23.8 Å². The fourth-order valence-corrected chi connectivity index (χ4v) is 3.96. The maximum absolute atomic E-state index is 13.1. The topological polar surface area (TPSA) is 59.2 Å². The number of carbonyl (C=O) groups excluding carboxylic acids is 1. The SMILES string of the molecule is CC(c1ccc(F)cc1)N1CC(c2noc(Cc3cccs3)n2)CC1=O. The zero-order chi connectivity index (χ0) is 18.1. The summed E-state index contributed by atoms with van der Waals surface area (Å²) in [6, 6.07) is 10.2. The van der Waals surface area contributed by atoms with E-state index in [0.29, 0.717) is 31.1 Å². The molecule has 1 aliphatic rings. The molecule has 1 aromatic carbocycles. The lowest BCUT2D eigenvalue weighted by Crippen LogP contribution is -2.28. The van der Waals surface area contributed by atoms with Crippen LogP contribution in [-0.2, 0) is 11.2 Å². The van der Waals surface area contributed by atoms with Crippen molar-refractivity contribution in [2.75, 3.05) is 6.54 Å². The molecule has 0 spiro atoms. The molecular weight excluding hydrogens is 353 g/mol. The van der Waals surface area contributed by atoms with E-state index in [2.05, 4.69) is 10.1 Å². The van der Waals surface area contributed by atoms with Crippen LogP contribution in [0.3, 0.4) is 0 Å². The van der Waals surface area contributed by atoms with Crippen LogP contribution in [0.5, 0.6) is 0 Å². The molecule has 4 rings (SSSR count). The van der Waals surface area contributed by atoms with E-state index in [4.69, 9.17) is 4.52 Å². The molecule has 134 valence electrons. The van der Waals surface area contributed by atoms with Crippen molar-refractivity contribution >= 4 is 17.2 Å². The zero-order valence-corrected chi connectivity index (χ0v) is 15.1. The summed E-state index contributed by atoms with van der Waals surface area (Å²) in [6.07, 6.45) is 0.977. The summed E-state index contributed by atoms with van der Waals surface area (Å²) >= 11 is 1.65. The molecule has 0 bridgehead atoms. The van der Waals surface area contributed by atoms with E-state index in [1.165, 1.54) is 12.1 Å². The van der Waals surface area contributed by atoms with E-state index in [1.54, 1.807) is 28.4 Å². The Labute approximate surface area is 154 Å². The van der Waals surface area contributed by atoms with Gasteiger partial charge in [0.1, 0.15) is 5.82 Å². The smallest absolute Gasteiger partial charge is 0.231 e. The summed E-state index contributed by atoms with van der Waals surface area (Å²) in [4.78, 5) is 19.9. The van der Waals surface area contributed by atoms with Gasteiger partial charge in [0.2, 0.25) is 11.8 Å². The molecule has 26 heavy (non-hydrogen) atoms. The number of halogens is 1. The van der Waals surface area contributed by atoms with Crippen molar-refractivity contribution in [2.24, 2.45) is 0 Å². The predicted octanol–water partition coefficient (Wildman–Crippen LogP) is 3.94. The third-order valence-corrected chi connectivity index (χ3v) is 5.61. The first-order valence-corrected chi connectivity index (χ1v) is 9.38. The number of hydrogen-bond donors (Lipinski definition) is 0. The van der Waals surface area contributed by atoms with E-state index in [1.807, 2.05) is 24.4 Å². The van der Waals surface area contributed by atoms with E-state index in [-0.39, 0.29) is 23.7 Å². The molecule has 0 aliphatic carbocycles. The highest BCUT2D eigenvalue weighted by molar-refractivity contribution is 7.09. The largest absolute Gasteiger partial charge is 0.339 e. The minimum Gasteiger partial charge on any atom is -0.339 e. The number of hydrogen-bond acceptors (Lipinski definition) is 5. The fourth-order valence-electron chi connectivity index (χ4n) is 3.27. The monoisotopic (exact) mass is 371 g/mol. The van der Waals surface area contributed by atoms with Crippen LogP contribution in [0.1, 0.15) is 47.5 Å². The van der Waals surface area contributed by atoms with E-state index >= 15 is 0 Å². The van der Waals surface area contributed by atoms with Crippen LogP contribution in [0, 0.1) is 5.82 Å². The predicted molar refractivity (Wildman–Crippen MR) is 95.3 cm³/mol. The number of thiophene rings is 1. The lowest BCUT2D eigenvalue weighted by Gasteiger charge is -2.25. The first-order valence-electron chi connectivity index (χ1n) is 8.50. The quantitative estimate of drug-likeness (QED) is 0.682. The second-order valence-electron chi connectivity index (χ2n) is 6.48. The number of amides is 1. The molecule has 0 saturated carbocycles. The van der Waals surface area contributed by atoms with Gasteiger partial charge in [0.05, 0.1) is 12.5 Å².